The molecule has 0 radical (unpaired) electrons. The normalized spacial score (nSPS) is 10.9. The maximum Gasteiger partial charge on any atom is 0.255 e. The number of aryl methyl sites for hydroxylation is 1. The highest BCUT2D eigenvalue weighted by molar-refractivity contribution is 5.98. The van der Waals surface area contributed by atoms with Crippen molar-refractivity contribution in [3.8, 4) is 5.75 Å². The summed E-state index contributed by atoms with van der Waals surface area (Å²) in [5.41, 5.74) is 7.12. The lowest BCUT2D eigenvalue weighted by Crippen LogP contribution is -2.24. The van der Waals surface area contributed by atoms with Gasteiger partial charge in [0.15, 0.2) is 11.6 Å². The molecule has 3 N–H and O–H groups in total. The van der Waals surface area contributed by atoms with Gasteiger partial charge in [-0.25, -0.2) is 9.37 Å². The first-order chi connectivity index (χ1) is 13.0. The Kier molecular flexibility index (Phi) is 7.79. The molecule has 0 unspecified atom stereocenters. The van der Waals surface area contributed by atoms with Gasteiger partial charge in [-0.1, -0.05) is 37.6 Å². The second-order valence-electron chi connectivity index (χ2n) is 6.19. The third kappa shape index (κ3) is 6.09. The number of ether oxygens (including phenoxy) is 1. The van der Waals surface area contributed by atoms with Crippen LogP contribution in [-0.2, 0) is 6.54 Å². The van der Waals surface area contributed by atoms with Crippen LogP contribution in [-0.4, -0.2) is 17.5 Å². The van der Waals surface area contributed by atoms with Crippen LogP contribution in [0.3, 0.4) is 0 Å². The Morgan fingerprint density at radius 2 is 2.04 bits per heavy atom. The number of halogens is 1. The quantitative estimate of drug-likeness (QED) is 0.512. The molecule has 5 nitrogen and oxygen atoms in total. The SMILES string of the molecule is CCC/C=C/CCOc1cccc(CNC(=O)c2ccc(C)nc2N)c1F. The number of anilines is 1. The fourth-order valence-corrected chi connectivity index (χ4v) is 2.48. The third-order valence-corrected chi connectivity index (χ3v) is 3.96. The molecule has 0 aliphatic heterocycles. The van der Waals surface area contributed by atoms with Gasteiger partial charge in [-0.05, 0) is 38.0 Å². The van der Waals surface area contributed by atoms with Crippen molar-refractivity contribution in [3.63, 3.8) is 0 Å². The van der Waals surface area contributed by atoms with E-state index in [2.05, 4.69) is 23.3 Å². The molecule has 1 amide bonds. The topological polar surface area (TPSA) is 77.2 Å². The van der Waals surface area contributed by atoms with Crippen molar-refractivity contribution in [1.29, 1.82) is 0 Å². The average Bonchev–Trinajstić information content (AvgIpc) is 2.64. The van der Waals surface area contributed by atoms with Crippen LogP contribution in [0.2, 0.25) is 0 Å². The maximum absolute atomic E-state index is 14.6. The van der Waals surface area contributed by atoms with Crippen molar-refractivity contribution in [2.75, 3.05) is 12.3 Å². The van der Waals surface area contributed by atoms with Gasteiger partial charge in [-0.15, -0.1) is 0 Å². The average molecular weight is 371 g/mol. The highest BCUT2D eigenvalue weighted by Crippen LogP contribution is 2.21. The second-order valence-corrected chi connectivity index (χ2v) is 6.19. The summed E-state index contributed by atoms with van der Waals surface area (Å²) < 4.78 is 20.1. The molecule has 0 bridgehead atoms. The number of unbranched alkanes of at least 4 members (excludes halogenated alkanes) is 1. The zero-order valence-electron chi connectivity index (χ0n) is 15.8. The van der Waals surface area contributed by atoms with Gasteiger partial charge in [0.1, 0.15) is 5.82 Å². The fourth-order valence-electron chi connectivity index (χ4n) is 2.48. The Bertz CT molecular complexity index is 806. The molecular weight excluding hydrogens is 345 g/mol. The lowest BCUT2D eigenvalue weighted by atomic mass is 10.1. The fraction of sp³-hybridized carbons (Fsp3) is 0.333. The molecule has 0 saturated heterocycles. The largest absolute Gasteiger partial charge is 0.490 e. The predicted molar refractivity (Wildman–Crippen MR) is 105 cm³/mol. The zero-order chi connectivity index (χ0) is 19.6. The third-order valence-electron chi connectivity index (χ3n) is 3.96. The zero-order valence-corrected chi connectivity index (χ0v) is 15.8. The minimum Gasteiger partial charge on any atom is -0.490 e. The highest BCUT2D eigenvalue weighted by Gasteiger charge is 2.13. The van der Waals surface area contributed by atoms with Crippen molar-refractivity contribution < 1.29 is 13.9 Å². The van der Waals surface area contributed by atoms with E-state index in [-0.39, 0.29) is 23.7 Å². The van der Waals surface area contributed by atoms with Crippen molar-refractivity contribution in [2.45, 2.75) is 39.7 Å². The number of pyridine rings is 1. The van der Waals surface area contributed by atoms with Crippen LogP contribution in [0.15, 0.2) is 42.5 Å². The van der Waals surface area contributed by atoms with Crippen LogP contribution in [0.1, 0.15) is 47.8 Å². The van der Waals surface area contributed by atoms with Gasteiger partial charge in [0.05, 0.1) is 12.2 Å². The molecule has 144 valence electrons. The highest BCUT2D eigenvalue weighted by atomic mass is 19.1. The van der Waals surface area contributed by atoms with Crippen LogP contribution < -0.4 is 15.8 Å². The Labute approximate surface area is 159 Å². The smallest absolute Gasteiger partial charge is 0.255 e. The summed E-state index contributed by atoms with van der Waals surface area (Å²) in [6.45, 7) is 4.34. The molecule has 0 spiro atoms. The van der Waals surface area contributed by atoms with Gasteiger partial charge in [0, 0.05) is 17.8 Å². The number of carbonyl (C=O) groups excluding carboxylic acids is 1. The number of nitrogens with one attached hydrogen (secondary N) is 1. The minimum atomic E-state index is -0.467. The van der Waals surface area contributed by atoms with E-state index >= 15 is 0 Å². The Hall–Kier alpha value is -2.89. The maximum atomic E-state index is 14.6. The van der Waals surface area contributed by atoms with E-state index in [1.807, 2.05) is 6.08 Å². The molecule has 1 heterocycles. The first kappa shape index (κ1) is 20.4. The van der Waals surface area contributed by atoms with E-state index in [1.165, 1.54) is 0 Å². The molecule has 27 heavy (non-hydrogen) atoms. The molecule has 6 heteroatoms. The van der Waals surface area contributed by atoms with E-state index < -0.39 is 11.7 Å². The molecule has 2 aromatic rings. The molecule has 0 aliphatic rings. The van der Waals surface area contributed by atoms with Crippen molar-refractivity contribution in [2.24, 2.45) is 0 Å². The van der Waals surface area contributed by atoms with Crippen molar-refractivity contribution in [1.82, 2.24) is 10.3 Å². The number of rotatable bonds is 9. The number of nitrogens with zero attached hydrogens (tertiary/aromatic N) is 1. The molecule has 0 fully saturated rings. The number of nitrogen functional groups attached to an aromatic ring is 1. The number of aromatic nitrogens is 1. The van der Waals surface area contributed by atoms with E-state index in [0.717, 1.165) is 25.0 Å². The van der Waals surface area contributed by atoms with E-state index in [4.69, 9.17) is 10.5 Å². The van der Waals surface area contributed by atoms with Crippen LogP contribution in [0.25, 0.3) is 0 Å². The Balaban J connectivity index is 1.94. The molecule has 1 aromatic heterocycles. The number of allylic oxidation sites excluding steroid dienone is 1. The first-order valence-electron chi connectivity index (χ1n) is 9.09. The predicted octanol–water partition coefficient (Wildman–Crippen LogP) is 4.17. The van der Waals surface area contributed by atoms with Crippen molar-refractivity contribution >= 4 is 11.7 Å². The van der Waals surface area contributed by atoms with Gasteiger partial charge in [-0.3, -0.25) is 4.79 Å². The second kappa shape index (κ2) is 10.3. The number of hydrogen-bond donors (Lipinski definition) is 2. The van der Waals surface area contributed by atoms with Gasteiger partial charge in [0.25, 0.3) is 5.91 Å². The van der Waals surface area contributed by atoms with Crippen LogP contribution in [0, 0.1) is 12.7 Å². The molecular formula is C21H26FN3O2. The number of hydrogen-bond acceptors (Lipinski definition) is 4. The number of carbonyl (C=O) groups is 1. The number of amides is 1. The summed E-state index contributed by atoms with van der Waals surface area (Å²) in [6.07, 6.45) is 6.98. The molecule has 1 aromatic carbocycles. The molecule has 0 aliphatic carbocycles. The van der Waals surface area contributed by atoms with E-state index in [1.54, 1.807) is 37.3 Å². The number of benzene rings is 1. The summed E-state index contributed by atoms with van der Waals surface area (Å²) >= 11 is 0. The Morgan fingerprint density at radius 1 is 1.26 bits per heavy atom. The van der Waals surface area contributed by atoms with Crippen molar-refractivity contribution in [3.05, 3.63) is 65.1 Å². The summed E-state index contributed by atoms with van der Waals surface area (Å²) in [5.74, 6) is -0.527. The summed E-state index contributed by atoms with van der Waals surface area (Å²) in [6, 6.07) is 8.21. The molecule has 0 atom stereocenters. The van der Waals surface area contributed by atoms with Crippen LogP contribution in [0.4, 0.5) is 10.2 Å². The lowest BCUT2D eigenvalue weighted by molar-refractivity contribution is 0.0951. The molecule has 0 saturated carbocycles. The van der Waals surface area contributed by atoms with Gasteiger partial charge < -0.3 is 15.8 Å². The summed E-state index contributed by atoms with van der Waals surface area (Å²) in [5, 5.41) is 2.67. The van der Waals surface area contributed by atoms with Gasteiger partial charge >= 0.3 is 0 Å². The standard InChI is InChI=1S/C21H26FN3O2/c1-3-4-5-6-7-13-27-18-10-8-9-16(19(18)22)14-24-21(26)17-12-11-15(2)25-20(17)23/h5-6,8-12H,3-4,7,13-14H2,1-2H3,(H2,23,25)(H,24,26)/b6-5+. The van der Waals surface area contributed by atoms with Gasteiger partial charge in [-0.2, -0.15) is 0 Å². The van der Waals surface area contributed by atoms with E-state index in [0.29, 0.717) is 12.2 Å². The van der Waals surface area contributed by atoms with Crippen LogP contribution in [0.5, 0.6) is 5.75 Å². The first-order valence-corrected chi connectivity index (χ1v) is 9.09. The van der Waals surface area contributed by atoms with E-state index in [9.17, 15) is 9.18 Å². The number of nitrogens with two attached hydrogens (primary N) is 1. The Morgan fingerprint density at radius 3 is 2.78 bits per heavy atom. The lowest BCUT2D eigenvalue weighted by Gasteiger charge is -2.11. The van der Waals surface area contributed by atoms with Gasteiger partial charge in [0.2, 0.25) is 0 Å². The minimum absolute atomic E-state index is 0.0333. The molecule has 2 rings (SSSR count). The van der Waals surface area contributed by atoms with Crippen LogP contribution >= 0.6 is 0 Å². The monoisotopic (exact) mass is 371 g/mol. The summed E-state index contributed by atoms with van der Waals surface area (Å²) in [4.78, 5) is 16.3. The summed E-state index contributed by atoms with van der Waals surface area (Å²) in [7, 11) is 0.